The molecule has 0 aliphatic rings. The molecular formula is C18H15N3O3S. The van der Waals surface area contributed by atoms with Crippen molar-refractivity contribution in [3.63, 3.8) is 0 Å². The lowest BCUT2D eigenvalue weighted by molar-refractivity contribution is 0.102. The molecule has 0 unspecified atom stereocenters. The van der Waals surface area contributed by atoms with E-state index >= 15 is 0 Å². The highest BCUT2D eigenvalue weighted by Gasteiger charge is 2.17. The molecule has 2 amide bonds. The molecule has 1 aromatic heterocycles. The van der Waals surface area contributed by atoms with Crippen molar-refractivity contribution in [3.8, 4) is 11.3 Å². The van der Waals surface area contributed by atoms with Crippen LogP contribution in [0, 0.1) is 0 Å². The highest BCUT2D eigenvalue weighted by Crippen LogP contribution is 2.36. The lowest BCUT2D eigenvalue weighted by Gasteiger charge is -2.05. The number of thiazole rings is 1. The van der Waals surface area contributed by atoms with E-state index < -0.39 is 6.09 Å². The van der Waals surface area contributed by atoms with Crippen LogP contribution < -0.4 is 10.6 Å². The van der Waals surface area contributed by atoms with Gasteiger partial charge in [0.05, 0.1) is 7.11 Å². The molecule has 2 aromatic carbocycles. The summed E-state index contributed by atoms with van der Waals surface area (Å²) in [6, 6.07) is 18.3. The topological polar surface area (TPSA) is 80.3 Å². The van der Waals surface area contributed by atoms with E-state index in [9.17, 15) is 9.59 Å². The molecule has 0 aliphatic carbocycles. The second kappa shape index (κ2) is 7.59. The first-order valence-corrected chi connectivity index (χ1v) is 8.26. The summed E-state index contributed by atoms with van der Waals surface area (Å²) in [5.41, 5.74) is 1.96. The zero-order chi connectivity index (χ0) is 17.6. The van der Waals surface area contributed by atoms with Crippen LogP contribution in [0.2, 0.25) is 0 Å². The van der Waals surface area contributed by atoms with Crippen molar-refractivity contribution in [2.24, 2.45) is 0 Å². The molecule has 0 saturated carbocycles. The van der Waals surface area contributed by atoms with Gasteiger partial charge in [-0.3, -0.25) is 10.1 Å². The Labute approximate surface area is 148 Å². The first kappa shape index (κ1) is 16.7. The van der Waals surface area contributed by atoms with Crippen LogP contribution in [0.4, 0.5) is 14.9 Å². The van der Waals surface area contributed by atoms with E-state index in [2.05, 4.69) is 20.4 Å². The SMILES string of the molecule is COC(=O)Nc1nc(-c2ccccc2)c(NC(=O)c2ccccc2)s1. The summed E-state index contributed by atoms with van der Waals surface area (Å²) < 4.78 is 4.59. The fourth-order valence-electron chi connectivity index (χ4n) is 2.15. The number of nitrogens with one attached hydrogen (secondary N) is 2. The van der Waals surface area contributed by atoms with Crippen LogP contribution in [0.3, 0.4) is 0 Å². The van der Waals surface area contributed by atoms with Crippen molar-refractivity contribution in [1.29, 1.82) is 0 Å². The van der Waals surface area contributed by atoms with Gasteiger partial charge in [0.15, 0.2) is 5.13 Å². The van der Waals surface area contributed by atoms with Crippen LogP contribution in [-0.4, -0.2) is 24.1 Å². The summed E-state index contributed by atoms with van der Waals surface area (Å²) in [6.45, 7) is 0. The van der Waals surface area contributed by atoms with E-state index in [1.54, 1.807) is 24.3 Å². The number of aromatic nitrogens is 1. The third kappa shape index (κ3) is 4.02. The molecule has 25 heavy (non-hydrogen) atoms. The van der Waals surface area contributed by atoms with Gasteiger partial charge in [-0.2, -0.15) is 0 Å². The zero-order valence-corrected chi connectivity index (χ0v) is 14.2. The van der Waals surface area contributed by atoms with Gasteiger partial charge in [0.25, 0.3) is 5.91 Å². The lowest BCUT2D eigenvalue weighted by atomic mass is 10.1. The molecule has 126 valence electrons. The van der Waals surface area contributed by atoms with E-state index in [0.717, 1.165) is 5.56 Å². The van der Waals surface area contributed by atoms with Gasteiger partial charge in [-0.15, -0.1) is 0 Å². The Bertz CT molecular complexity index is 879. The van der Waals surface area contributed by atoms with E-state index in [-0.39, 0.29) is 5.91 Å². The van der Waals surface area contributed by atoms with Crippen molar-refractivity contribution in [3.05, 3.63) is 66.2 Å². The maximum Gasteiger partial charge on any atom is 0.413 e. The summed E-state index contributed by atoms with van der Waals surface area (Å²) in [7, 11) is 1.28. The van der Waals surface area contributed by atoms with Crippen molar-refractivity contribution in [1.82, 2.24) is 4.98 Å². The second-order valence-electron chi connectivity index (χ2n) is 5.00. The van der Waals surface area contributed by atoms with Gasteiger partial charge in [0.1, 0.15) is 10.7 Å². The highest BCUT2D eigenvalue weighted by atomic mass is 32.1. The van der Waals surface area contributed by atoms with Crippen molar-refractivity contribution >= 4 is 33.5 Å². The fourth-order valence-corrected chi connectivity index (χ4v) is 3.02. The van der Waals surface area contributed by atoms with Crippen molar-refractivity contribution in [2.45, 2.75) is 0 Å². The summed E-state index contributed by atoms with van der Waals surface area (Å²) in [4.78, 5) is 28.3. The Morgan fingerprint density at radius 1 is 0.960 bits per heavy atom. The molecule has 6 nitrogen and oxygen atoms in total. The molecule has 0 fully saturated rings. The average Bonchev–Trinajstić information content (AvgIpc) is 3.05. The minimum atomic E-state index is -0.616. The monoisotopic (exact) mass is 353 g/mol. The number of anilines is 2. The Morgan fingerprint density at radius 3 is 2.24 bits per heavy atom. The summed E-state index contributed by atoms with van der Waals surface area (Å²) >= 11 is 1.17. The molecule has 2 N–H and O–H groups in total. The molecule has 0 aliphatic heterocycles. The maximum atomic E-state index is 12.4. The number of nitrogens with zero attached hydrogens (tertiary/aromatic N) is 1. The minimum absolute atomic E-state index is 0.244. The standard InChI is InChI=1S/C18H15N3O3S/c1-24-18(23)21-17-19-14(12-8-4-2-5-9-12)16(25-17)20-15(22)13-10-6-3-7-11-13/h2-11H,1H3,(H,20,22)(H,19,21,23). The van der Waals surface area contributed by atoms with Gasteiger partial charge in [-0.25, -0.2) is 9.78 Å². The number of amides is 2. The highest BCUT2D eigenvalue weighted by molar-refractivity contribution is 7.20. The van der Waals surface area contributed by atoms with Crippen LogP contribution in [0.5, 0.6) is 0 Å². The van der Waals surface area contributed by atoms with E-state index in [1.807, 2.05) is 36.4 Å². The molecule has 7 heteroatoms. The molecule has 3 aromatic rings. The Hall–Kier alpha value is -3.19. The molecule has 0 radical (unpaired) electrons. The Kier molecular flexibility index (Phi) is 5.06. The van der Waals surface area contributed by atoms with Gasteiger partial charge in [0, 0.05) is 11.1 Å². The molecule has 0 saturated heterocycles. The number of ether oxygens (including phenoxy) is 1. The largest absolute Gasteiger partial charge is 0.453 e. The molecule has 3 rings (SSSR count). The van der Waals surface area contributed by atoms with E-state index in [0.29, 0.717) is 21.4 Å². The fraction of sp³-hybridized carbons (Fsp3) is 0.0556. The Morgan fingerprint density at radius 2 is 1.60 bits per heavy atom. The van der Waals surface area contributed by atoms with Crippen LogP contribution in [0.1, 0.15) is 10.4 Å². The summed E-state index contributed by atoms with van der Waals surface area (Å²) in [5.74, 6) is -0.244. The van der Waals surface area contributed by atoms with Gasteiger partial charge >= 0.3 is 6.09 Å². The number of carbonyl (C=O) groups excluding carboxylic acids is 2. The van der Waals surface area contributed by atoms with E-state index in [1.165, 1.54) is 18.4 Å². The predicted molar refractivity (Wildman–Crippen MR) is 98.0 cm³/mol. The maximum absolute atomic E-state index is 12.4. The molecule has 0 bridgehead atoms. The van der Waals surface area contributed by atoms with Gasteiger partial charge in [0.2, 0.25) is 0 Å². The molecule has 0 spiro atoms. The number of hydrogen-bond donors (Lipinski definition) is 2. The van der Waals surface area contributed by atoms with Crippen molar-refractivity contribution < 1.29 is 14.3 Å². The first-order chi connectivity index (χ1) is 12.2. The molecular weight excluding hydrogens is 338 g/mol. The number of rotatable bonds is 4. The third-order valence-corrected chi connectivity index (χ3v) is 4.22. The third-order valence-electron chi connectivity index (χ3n) is 3.33. The second-order valence-corrected chi connectivity index (χ2v) is 6.00. The zero-order valence-electron chi connectivity index (χ0n) is 13.4. The van der Waals surface area contributed by atoms with Gasteiger partial charge in [-0.1, -0.05) is 59.9 Å². The predicted octanol–water partition coefficient (Wildman–Crippen LogP) is 4.24. The van der Waals surface area contributed by atoms with E-state index in [4.69, 9.17) is 0 Å². The number of methoxy groups -OCH3 is 1. The van der Waals surface area contributed by atoms with Crippen LogP contribution >= 0.6 is 11.3 Å². The van der Waals surface area contributed by atoms with Gasteiger partial charge < -0.3 is 10.1 Å². The van der Waals surface area contributed by atoms with Crippen molar-refractivity contribution in [2.75, 3.05) is 17.7 Å². The normalized spacial score (nSPS) is 10.1. The van der Waals surface area contributed by atoms with Crippen LogP contribution in [0.25, 0.3) is 11.3 Å². The average molecular weight is 353 g/mol. The lowest BCUT2D eigenvalue weighted by Crippen LogP contribution is -2.11. The van der Waals surface area contributed by atoms with Crippen LogP contribution in [-0.2, 0) is 4.74 Å². The number of benzene rings is 2. The smallest absolute Gasteiger partial charge is 0.413 e. The molecule has 1 heterocycles. The number of carbonyl (C=O) groups is 2. The number of hydrogen-bond acceptors (Lipinski definition) is 5. The van der Waals surface area contributed by atoms with Crippen LogP contribution in [0.15, 0.2) is 60.7 Å². The first-order valence-electron chi connectivity index (χ1n) is 7.45. The summed E-state index contributed by atoms with van der Waals surface area (Å²) in [6.07, 6.45) is -0.616. The Balaban J connectivity index is 1.93. The quantitative estimate of drug-likeness (QED) is 0.735. The minimum Gasteiger partial charge on any atom is -0.453 e. The molecule has 0 atom stereocenters. The van der Waals surface area contributed by atoms with Gasteiger partial charge in [-0.05, 0) is 12.1 Å². The summed E-state index contributed by atoms with van der Waals surface area (Å²) in [5, 5.41) is 6.28.